The monoisotopic (exact) mass is 331 g/mol. The summed E-state index contributed by atoms with van der Waals surface area (Å²) in [4.78, 5) is 12.6. The summed E-state index contributed by atoms with van der Waals surface area (Å²) in [6.07, 6.45) is 5.29. The highest BCUT2D eigenvalue weighted by Gasteiger charge is 2.32. The van der Waals surface area contributed by atoms with E-state index >= 15 is 0 Å². The molecule has 1 amide bonds. The van der Waals surface area contributed by atoms with Crippen molar-refractivity contribution in [2.24, 2.45) is 11.8 Å². The number of ether oxygens (including phenoxy) is 2. The van der Waals surface area contributed by atoms with Crippen LogP contribution in [0.15, 0.2) is 30.3 Å². The van der Waals surface area contributed by atoms with Gasteiger partial charge in [-0.1, -0.05) is 37.3 Å². The van der Waals surface area contributed by atoms with Gasteiger partial charge in [-0.15, -0.1) is 0 Å². The SMILES string of the molecule is CC(C(=O)NC1CCCC1OCc1ccccc1)C1CCOCC1. The molecule has 1 aromatic rings. The van der Waals surface area contributed by atoms with Gasteiger partial charge in [-0.25, -0.2) is 0 Å². The fourth-order valence-corrected chi connectivity index (χ4v) is 3.81. The smallest absolute Gasteiger partial charge is 0.223 e. The quantitative estimate of drug-likeness (QED) is 0.870. The van der Waals surface area contributed by atoms with Crippen LogP contribution in [0.3, 0.4) is 0 Å². The van der Waals surface area contributed by atoms with E-state index in [-0.39, 0.29) is 24.0 Å². The zero-order valence-corrected chi connectivity index (χ0v) is 14.6. The topological polar surface area (TPSA) is 47.6 Å². The third-order valence-corrected chi connectivity index (χ3v) is 5.47. The summed E-state index contributed by atoms with van der Waals surface area (Å²) in [5.74, 6) is 0.690. The number of hydrogen-bond donors (Lipinski definition) is 1. The number of amides is 1. The zero-order chi connectivity index (χ0) is 16.8. The maximum atomic E-state index is 12.6. The van der Waals surface area contributed by atoms with E-state index in [4.69, 9.17) is 9.47 Å². The van der Waals surface area contributed by atoms with Gasteiger partial charge in [0.2, 0.25) is 5.91 Å². The molecular formula is C20H29NO3. The van der Waals surface area contributed by atoms with Crippen LogP contribution in [0.1, 0.15) is 44.6 Å². The molecule has 3 atom stereocenters. The molecule has 1 N–H and O–H groups in total. The van der Waals surface area contributed by atoms with Crippen LogP contribution in [0, 0.1) is 11.8 Å². The van der Waals surface area contributed by atoms with Crippen molar-refractivity contribution < 1.29 is 14.3 Å². The Kier molecular flexibility index (Phi) is 6.27. The first-order chi connectivity index (χ1) is 11.7. The number of benzene rings is 1. The van der Waals surface area contributed by atoms with E-state index in [1.807, 2.05) is 18.2 Å². The lowest BCUT2D eigenvalue weighted by molar-refractivity contribution is -0.129. The first kappa shape index (κ1) is 17.4. The molecule has 1 aliphatic heterocycles. The first-order valence-corrected chi connectivity index (χ1v) is 9.27. The second kappa shape index (κ2) is 8.63. The fourth-order valence-electron chi connectivity index (χ4n) is 3.81. The summed E-state index contributed by atoms with van der Waals surface area (Å²) < 4.78 is 11.5. The number of rotatable bonds is 6. The molecule has 4 nitrogen and oxygen atoms in total. The van der Waals surface area contributed by atoms with Crippen molar-refractivity contribution in [1.29, 1.82) is 0 Å². The summed E-state index contributed by atoms with van der Waals surface area (Å²) in [7, 11) is 0. The van der Waals surface area contributed by atoms with Gasteiger partial charge >= 0.3 is 0 Å². The molecule has 0 aromatic heterocycles. The molecule has 0 bridgehead atoms. The van der Waals surface area contributed by atoms with E-state index < -0.39 is 0 Å². The molecule has 3 unspecified atom stereocenters. The highest BCUT2D eigenvalue weighted by Crippen LogP contribution is 2.27. The molecule has 24 heavy (non-hydrogen) atoms. The van der Waals surface area contributed by atoms with Gasteiger partial charge in [0, 0.05) is 19.1 Å². The molecule has 1 aromatic carbocycles. The third kappa shape index (κ3) is 4.58. The highest BCUT2D eigenvalue weighted by molar-refractivity contribution is 5.79. The Morgan fingerprint density at radius 2 is 1.96 bits per heavy atom. The van der Waals surface area contributed by atoms with E-state index in [0.29, 0.717) is 12.5 Å². The standard InChI is InChI=1S/C20H29NO3/c1-15(17-10-12-23-13-11-17)20(22)21-18-8-5-9-19(18)24-14-16-6-3-2-4-7-16/h2-4,6-7,15,17-19H,5,8-14H2,1H3,(H,21,22). The summed E-state index contributed by atoms with van der Waals surface area (Å²) in [6, 6.07) is 10.4. The van der Waals surface area contributed by atoms with E-state index in [2.05, 4.69) is 24.4 Å². The molecule has 1 aliphatic carbocycles. The molecular weight excluding hydrogens is 302 g/mol. The van der Waals surface area contributed by atoms with Crippen molar-refractivity contribution in [3.63, 3.8) is 0 Å². The molecule has 4 heteroatoms. The van der Waals surface area contributed by atoms with Crippen LogP contribution >= 0.6 is 0 Å². The normalized spacial score (nSPS) is 26.2. The summed E-state index contributed by atoms with van der Waals surface area (Å²) in [5, 5.41) is 3.26. The second-order valence-electron chi connectivity index (χ2n) is 7.12. The molecule has 0 spiro atoms. The zero-order valence-electron chi connectivity index (χ0n) is 14.6. The molecule has 2 aliphatic rings. The van der Waals surface area contributed by atoms with Crippen LogP contribution in [0.25, 0.3) is 0 Å². The van der Waals surface area contributed by atoms with Crippen molar-refractivity contribution in [2.75, 3.05) is 13.2 Å². The van der Waals surface area contributed by atoms with Crippen molar-refractivity contribution in [3.8, 4) is 0 Å². The predicted molar refractivity (Wildman–Crippen MR) is 93.5 cm³/mol. The minimum Gasteiger partial charge on any atom is -0.381 e. The van der Waals surface area contributed by atoms with Crippen LogP contribution in [0.2, 0.25) is 0 Å². The lowest BCUT2D eigenvalue weighted by atomic mass is 9.86. The number of hydrogen-bond acceptors (Lipinski definition) is 3. The van der Waals surface area contributed by atoms with Gasteiger partial charge in [0.25, 0.3) is 0 Å². The van der Waals surface area contributed by atoms with Crippen LogP contribution < -0.4 is 5.32 Å². The largest absolute Gasteiger partial charge is 0.381 e. The van der Waals surface area contributed by atoms with Crippen LogP contribution in [0.5, 0.6) is 0 Å². The van der Waals surface area contributed by atoms with Crippen LogP contribution in [0.4, 0.5) is 0 Å². The Morgan fingerprint density at radius 3 is 2.71 bits per heavy atom. The maximum absolute atomic E-state index is 12.6. The number of carbonyl (C=O) groups is 1. The second-order valence-corrected chi connectivity index (χ2v) is 7.12. The predicted octanol–water partition coefficient (Wildman–Crippen LogP) is 3.30. The van der Waals surface area contributed by atoms with Crippen LogP contribution in [-0.2, 0) is 20.9 Å². The lowest BCUT2D eigenvalue weighted by Gasteiger charge is -2.29. The van der Waals surface area contributed by atoms with Gasteiger partial charge < -0.3 is 14.8 Å². The molecule has 132 valence electrons. The van der Waals surface area contributed by atoms with Gasteiger partial charge in [-0.2, -0.15) is 0 Å². The minimum atomic E-state index is 0.0595. The lowest BCUT2D eigenvalue weighted by Crippen LogP contribution is -2.45. The van der Waals surface area contributed by atoms with Crippen LogP contribution in [-0.4, -0.2) is 31.3 Å². The molecule has 1 heterocycles. The Balaban J connectivity index is 1.48. The van der Waals surface area contributed by atoms with Crippen molar-refractivity contribution >= 4 is 5.91 Å². The van der Waals surface area contributed by atoms with Gasteiger partial charge in [0.05, 0.1) is 18.8 Å². The molecule has 1 saturated carbocycles. The van der Waals surface area contributed by atoms with Crippen molar-refractivity contribution in [1.82, 2.24) is 5.32 Å². The van der Waals surface area contributed by atoms with E-state index in [1.54, 1.807) is 0 Å². The highest BCUT2D eigenvalue weighted by atomic mass is 16.5. The van der Waals surface area contributed by atoms with Gasteiger partial charge in [-0.3, -0.25) is 4.79 Å². The summed E-state index contributed by atoms with van der Waals surface area (Å²) in [5.41, 5.74) is 1.19. The number of carbonyl (C=O) groups excluding carboxylic acids is 1. The Morgan fingerprint density at radius 1 is 1.21 bits per heavy atom. The summed E-state index contributed by atoms with van der Waals surface area (Å²) in [6.45, 7) is 4.25. The van der Waals surface area contributed by atoms with E-state index in [0.717, 1.165) is 45.3 Å². The average molecular weight is 331 g/mol. The Labute approximate surface area is 144 Å². The van der Waals surface area contributed by atoms with Crippen molar-refractivity contribution in [3.05, 3.63) is 35.9 Å². The molecule has 3 rings (SSSR count). The Hall–Kier alpha value is -1.39. The fraction of sp³-hybridized carbons (Fsp3) is 0.650. The maximum Gasteiger partial charge on any atom is 0.223 e. The van der Waals surface area contributed by atoms with Crippen molar-refractivity contribution in [2.45, 2.75) is 57.8 Å². The molecule has 0 radical (unpaired) electrons. The minimum absolute atomic E-state index is 0.0595. The first-order valence-electron chi connectivity index (χ1n) is 9.27. The van der Waals surface area contributed by atoms with E-state index in [1.165, 1.54) is 5.56 Å². The molecule has 2 fully saturated rings. The molecule has 1 saturated heterocycles. The third-order valence-electron chi connectivity index (χ3n) is 5.47. The number of nitrogens with one attached hydrogen (secondary N) is 1. The van der Waals surface area contributed by atoms with Gasteiger partial charge in [0.15, 0.2) is 0 Å². The Bertz CT molecular complexity index is 513. The van der Waals surface area contributed by atoms with Gasteiger partial charge in [0.1, 0.15) is 0 Å². The summed E-state index contributed by atoms with van der Waals surface area (Å²) >= 11 is 0. The van der Waals surface area contributed by atoms with E-state index in [9.17, 15) is 4.79 Å². The average Bonchev–Trinajstić information content (AvgIpc) is 3.08. The van der Waals surface area contributed by atoms with Gasteiger partial charge in [-0.05, 0) is 43.6 Å².